The maximum atomic E-state index is 12.0. The standard InChI is InChI=1S/C12H19NO2/c1-4-15-12-9-6-5-8(2)7-10(9)11(14)13(12)3/h5,9-10,12H,4,6-7H2,1-3H3/t9-,10+,12+/m0/s1. The van der Waals surface area contributed by atoms with Crippen LogP contribution in [0.3, 0.4) is 0 Å². The summed E-state index contributed by atoms with van der Waals surface area (Å²) in [6.07, 6.45) is 4.14. The number of nitrogens with zero attached hydrogens (tertiary/aromatic N) is 1. The van der Waals surface area contributed by atoms with Crippen molar-refractivity contribution in [3.8, 4) is 0 Å². The number of ether oxygens (including phenoxy) is 1. The molecule has 1 fully saturated rings. The normalized spacial score (nSPS) is 35.4. The van der Waals surface area contributed by atoms with Crippen LogP contribution in [0, 0.1) is 11.8 Å². The molecule has 3 atom stereocenters. The van der Waals surface area contributed by atoms with Crippen LogP contribution in [0.2, 0.25) is 0 Å². The highest BCUT2D eigenvalue weighted by Crippen LogP contribution is 2.40. The number of rotatable bonds is 2. The topological polar surface area (TPSA) is 29.5 Å². The maximum Gasteiger partial charge on any atom is 0.228 e. The SMILES string of the molecule is CCO[C@@H]1[C@H]2CC=C(C)C[C@H]2C(=O)N1C. The van der Waals surface area contributed by atoms with Crippen LogP contribution in [0.25, 0.3) is 0 Å². The van der Waals surface area contributed by atoms with Gasteiger partial charge in [0.15, 0.2) is 0 Å². The van der Waals surface area contributed by atoms with E-state index >= 15 is 0 Å². The van der Waals surface area contributed by atoms with E-state index in [0.29, 0.717) is 12.5 Å². The summed E-state index contributed by atoms with van der Waals surface area (Å²) in [5.74, 6) is 0.786. The summed E-state index contributed by atoms with van der Waals surface area (Å²) < 4.78 is 5.67. The van der Waals surface area contributed by atoms with Gasteiger partial charge in [0.1, 0.15) is 6.23 Å². The average Bonchev–Trinajstić information content (AvgIpc) is 2.44. The third-order valence-electron chi connectivity index (χ3n) is 3.55. The van der Waals surface area contributed by atoms with Crippen LogP contribution in [0.5, 0.6) is 0 Å². The van der Waals surface area contributed by atoms with Gasteiger partial charge in [-0.1, -0.05) is 11.6 Å². The van der Waals surface area contributed by atoms with E-state index in [1.165, 1.54) is 5.57 Å². The van der Waals surface area contributed by atoms with Crippen molar-refractivity contribution in [1.82, 2.24) is 4.90 Å². The first kappa shape index (κ1) is 10.7. The van der Waals surface area contributed by atoms with Gasteiger partial charge in [-0.15, -0.1) is 0 Å². The second kappa shape index (κ2) is 3.97. The molecular weight excluding hydrogens is 190 g/mol. The molecule has 1 aliphatic carbocycles. The molecule has 15 heavy (non-hydrogen) atoms. The summed E-state index contributed by atoms with van der Waals surface area (Å²) >= 11 is 0. The van der Waals surface area contributed by atoms with E-state index in [-0.39, 0.29) is 18.1 Å². The highest BCUT2D eigenvalue weighted by Gasteiger charge is 2.47. The predicted molar refractivity (Wildman–Crippen MR) is 58.2 cm³/mol. The number of fused-ring (bicyclic) bond motifs is 1. The first-order valence-electron chi connectivity index (χ1n) is 5.69. The van der Waals surface area contributed by atoms with Gasteiger partial charge >= 0.3 is 0 Å². The van der Waals surface area contributed by atoms with E-state index in [1.807, 2.05) is 14.0 Å². The van der Waals surface area contributed by atoms with Crippen LogP contribution < -0.4 is 0 Å². The Morgan fingerprint density at radius 1 is 1.60 bits per heavy atom. The van der Waals surface area contributed by atoms with Gasteiger partial charge in [-0.2, -0.15) is 0 Å². The number of hydrogen-bond acceptors (Lipinski definition) is 2. The zero-order valence-corrected chi connectivity index (χ0v) is 9.69. The molecule has 2 aliphatic rings. The Morgan fingerprint density at radius 3 is 3.00 bits per heavy atom. The van der Waals surface area contributed by atoms with Crippen molar-refractivity contribution in [3.63, 3.8) is 0 Å². The smallest absolute Gasteiger partial charge is 0.228 e. The molecule has 1 aliphatic heterocycles. The van der Waals surface area contributed by atoms with Crippen molar-refractivity contribution < 1.29 is 9.53 Å². The van der Waals surface area contributed by atoms with E-state index in [4.69, 9.17) is 4.74 Å². The fraction of sp³-hybridized carbons (Fsp3) is 0.750. The molecule has 1 amide bonds. The fourth-order valence-corrected chi connectivity index (χ4v) is 2.75. The van der Waals surface area contributed by atoms with Gasteiger partial charge in [-0.25, -0.2) is 0 Å². The lowest BCUT2D eigenvalue weighted by atomic mass is 9.81. The molecule has 3 nitrogen and oxygen atoms in total. The Labute approximate surface area is 91.1 Å². The molecule has 3 heteroatoms. The van der Waals surface area contributed by atoms with E-state index < -0.39 is 0 Å². The van der Waals surface area contributed by atoms with Gasteiger partial charge in [-0.3, -0.25) is 4.79 Å². The second-order valence-electron chi connectivity index (χ2n) is 4.56. The first-order chi connectivity index (χ1) is 7.15. The van der Waals surface area contributed by atoms with E-state index in [9.17, 15) is 4.79 Å². The molecule has 0 N–H and O–H groups in total. The molecule has 0 aromatic rings. The molecule has 0 unspecified atom stereocenters. The third kappa shape index (κ3) is 1.69. The van der Waals surface area contributed by atoms with Crippen LogP contribution in [-0.2, 0) is 9.53 Å². The zero-order valence-electron chi connectivity index (χ0n) is 9.69. The lowest BCUT2D eigenvalue weighted by Gasteiger charge is -2.26. The van der Waals surface area contributed by atoms with Gasteiger partial charge in [-0.05, 0) is 26.7 Å². The highest BCUT2D eigenvalue weighted by atomic mass is 16.5. The average molecular weight is 209 g/mol. The van der Waals surface area contributed by atoms with Gasteiger partial charge in [0.2, 0.25) is 5.91 Å². The molecule has 0 aromatic heterocycles. The zero-order chi connectivity index (χ0) is 11.0. The summed E-state index contributed by atoms with van der Waals surface area (Å²) in [5.41, 5.74) is 1.34. The lowest BCUT2D eigenvalue weighted by molar-refractivity contribution is -0.136. The molecule has 2 rings (SSSR count). The quantitative estimate of drug-likeness (QED) is 0.649. The number of carbonyl (C=O) groups is 1. The molecule has 84 valence electrons. The van der Waals surface area contributed by atoms with Crippen LogP contribution >= 0.6 is 0 Å². The van der Waals surface area contributed by atoms with Gasteiger partial charge in [0.05, 0.1) is 0 Å². The monoisotopic (exact) mass is 209 g/mol. The first-order valence-corrected chi connectivity index (χ1v) is 5.69. The molecule has 0 saturated carbocycles. The summed E-state index contributed by atoms with van der Waals surface area (Å²) in [6, 6.07) is 0. The Kier molecular flexibility index (Phi) is 2.83. The van der Waals surface area contributed by atoms with Gasteiger partial charge in [0.25, 0.3) is 0 Å². The number of amides is 1. The van der Waals surface area contributed by atoms with Gasteiger partial charge < -0.3 is 9.64 Å². The number of likely N-dealkylation sites (tertiary alicyclic amines) is 1. The molecule has 0 bridgehead atoms. The summed E-state index contributed by atoms with van der Waals surface area (Å²) in [6.45, 7) is 4.77. The Hall–Kier alpha value is -0.830. The number of hydrogen-bond donors (Lipinski definition) is 0. The van der Waals surface area contributed by atoms with Crippen LogP contribution in [-0.4, -0.2) is 30.7 Å². The molecular formula is C12H19NO2. The van der Waals surface area contributed by atoms with Crippen molar-refractivity contribution in [1.29, 1.82) is 0 Å². The van der Waals surface area contributed by atoms with Crippen molar-refractivity contribution in [3.05, 3.63) is 11.6 Å². The molecule has 0 spiro atoms. The molecule has 0 aromatic carbocycles. The van der Waals surface area contributed by atoms with Crippen LogP contribution in [0.1, 0.15) is 26.7 Å². The Balaban J connectivity index is 2.19. The van der Waals surface area contributed by atoms with Crippen molar-refractivity contribution >= 4 is 5.91 Å². The Bertz CT molecular complexity index is 298. The molecule has 0 radical (unpaired) electrons. The van der Waals surface area contributed by atoms with Gasteiger partial charge in [0, 0.05) is 25.5 Å². The van der Waals surface area contributed by atoms with E-state index in [2.05, 4.69) is 13.0 Å². The summed E-state index contributed by atoms with van der Waals surface area (Å²) in [4.78, 5) is 13.8. The maximum absolute atomic E-state index is 12.0. The predicted octanol–water partition coefficient (Wildman–Crippen LogP) is 1.79. The largest absolute Gasteiger partial charge is 0.358 e. The highest BCUT2D eigenvalue weighted by molar-refractivity contribution is 5.82. The summed E-state index contributed by atoms with van der Waals surface area (Å²) in [7, 11) is 1.86. The van der Waals surface area contributed by atoms with E-state index in [1.54, 1.807) is 4.90 Å². The fourth-order valence-electron chi connectivity index (χ4n) is 2.75. The van der Waals surface area contributed by atoms with E-state index in [0.717, 1.165) is 12.8 Å². The van der Waals surface area contributed by atoms with Crippen molar-refractivity contribution in [2.24, 2.45) is 11.8 Å². The number of carbonyl (C=O) groups excluding carboxylic acids is 1. The molecule has 1 saturated heterocycles. The second-order valence-corrected chi connectivity index (χ2v) is 4.56. The lowest BCUT2D eigenvalue weighted by Crippen LogP contribution is -2.34. The minimum Gasteiger partial charge on any atom is -0.358 e. The Morgan fingerprint density at radius 2 is 2.33 bits per heavy atom. The van der Waals surface area contributed by atoms with Crippen LogP contribution in [0.15, 0.2) is 11.6 Å². The summed E-state index contributed by atoms with van der Waals surface area (Å²) in [5, 5.41) is 0. The third-order valence-corrected chi connectivity index (χ3v) is 3.55. The minimum absolute atomic E-state index is 0.00292. The van der Waals surface area contributed by atoms with Crippen molar-refractivity contribution in [2.45, 2.75) is 32.9 Å². The number of allylic oxidation sites excluding steroid dienone is 2. The van der Waals surface area contributed by atoms with Crippen LogP contribution in [0.4, 0.5) is 0 Å². The van der Waals surface area contributed by atoms with Crippen molar-refractivity contribution in [2.75, 3.05) is 13.7 Å². The minimum atomic E-state index is -0.00292. The molecule has 1 heterocycles.